The molecule has 0 saturated heterocycles. The number of hydrogen-bond acceptors (Lipinski definition) is 6. The minimum Gasteiger partial charge on any atom is -0.467 e. The zero-order valence-electron chi connectivity index (χ0n) is 23.1. The molecule has 41 heavy (non-hydrogen) atoms. The maximum atomic E-state index is 13.9. The number of fused-ring (bicyclic) bond motifs is 1. The van der Waals surface area contributed by atoms with Crippen molar-refractivity contribution in [1.29, 1.82) is 0 Å². The molecular weight excluding hydrogens is 553 g/mol. The summed E-state index contributed by atoms with van der Waals surface area (Å²) in [7, 11) is 0. The summed E-state index contributed by atoms with van der Waals surface area (Å²) < 4.78 is 7.25. The first-order valence-corrected chi connectivity index (χ1v) is 15.3. The number of nitrogens with one attached hydrogen (secondary N) is 1. The number of benzene rings is 2. The van der Waals surface area contributed by atoms with Crippen LogP contribution in [0.15, 0.2) is 82.8 Å². The van der Waals surface area contributed by atoms with Crippen molar-refractivity contribution in [3.8, 4) is 16.9 Å². The molecule has 0 bridgehead atoms. The standard InChI is InChI=1S/C32H30N4O3S2/c1-20-11-12-25(22(3)16-20)36-32-28(29(34-36)23-8-5-4-6-9-23)31(30-21(2)13-15-40-30)41-19-27(38)35(32)18-26(37)33-17-24-10-7-14-39-24/h4-16,31H,17-19H2,1-3H3,(H,33,37)/t31-/m0/s1. The van der Waals surface area contributed by atoms with Crippen molar-refractivity contribution in [3.63, 3.8) is 0 Å². The van der Waals surface area contributed by atoms with Crippen LogP contribution < -0.4 is 10.2 Å². The lowest BCUT2D eigenvalue weighted by atomic mass is 10.0. The van der Waals surface area contributed by atoms with E-state index < -0.39 is 0 Å². The third kappa shape index (κ3) is 5.35. The van der Waals surface area contributed by atoms with E-state index in [0.717, 1.165) is 33.6 Å². The normalized spacial score (nSPS) is 15.0. The highest BCUT2D eigenvalue weighted by atomic mass is 32.2. The topological polar surface area (TPSA) is 80.4 Å². The van der Waals surface area contributed by atoms with E-state index >= 15 is 0 Å². The summed E-state index contributed by atoms with van der Waals surface area (Å²) in [6.45, 7) is 6.33. The number of aryl methyl sites for hydroxylation is 3. The maximum Gasteiger partial charge on any atom is 0.240 e. The van der Waals surface area contributed by atoms with Crippen molar-refractivity contribution in [2.24, 2.45) is 0 Å². The molecule has 0 aliphatic carbocycles. The molecule has 9 heteroatoms. The number of rotatable bonds is 7. The van der Waals surface area contributed by atoms with Gasteiger partial charge in [-0.25, -0.2) is 4.68 Å². The summed E-state index contributed by atoms with van der Waals surface area (Å²) >= 11 is 3.28. The van der Waals surface area contributed by atoms with E-state index in [9.17, 15) is 9.59 Å². The van der Waals surface area contributed by atoms with Crippen LogP contribution >= 0.6 is 23.1 Å². The Morgan fingerprint density at radius 2 is 1.88 bits per heavy atom. The van der Waals surface area contributed by atoms with E-state index in [1.165, 1.54) is 10.4 Å². The molecule has 2 amide bonds. The number of furan rings is 1. The van der Waals surface area contributed by atoms with E-state index in [0.29, 0.717) is 11.6 Å². The molecule has 0 spiro atoms. The summed E-state index contributed by atoms with van der Waals surface area (Å²) in [4.78, 5) is 30.0. The number of thiophene rings is 1. The number of thioether (sulfide) groups is 1. The first-order valence-electron chi connectivity index (χ1n) is 13.4. The van der Waals surface area contributed by atoms with Gasteiger partial charge in [0, 0.05) is 16.0 Å². The average molecular weight is 583 g/mol. The van der Waals surface area contributed by atoms with Crippen molar-refractivity contribution < 1.29 is 14.0 Å². The van der Waals surface area contributed by atoms with Crippen LogP contribution in [0.25, 0.3) is 16.9 Å². The third-order valence-electron chi connectivity index (χ3n) is 7.20. The fourth-order valence-electron chi connectivity index (χ4n) is 5.20. The second-order valence-electron chi connectivity index (χ2n) is 10.1. The first kappa shape index (κ1) is 27.1. The molecule has 0 saturated carbocycles. The van der Waals surface area contributed by atoms with Gasteiger partial charge in [0.05, 0.1) is 35.2 Å². The lowest BCUT2D eigenvalue weighted by Gasteiger charge is -2.23. The van der Waals surface area contributed by atoms with Crippen LogP contribution in [0.3, 0.4) is 0 Å². The predicted octanol–water partition coefficient (Wildman–Crippen LogP) is 6.60. The summed E-state index contributed by atoms with van der Waals surface area (Å²) in [6, 6.07) is 22.0. The molecule has 208 valence electrons. The predicted molar refractivity (Wildman–Crippen MR) is 165 cm³/mol. The minimum atomic E-state index is -0.272. The van der Waals surface area contributed by atoms with Gasteiger partial charge in [0.2, 0.25) is 11.8 Å². The molecule has 5 aromatic rings. The van der Waals surface area contributed by atoms with Crippen LogP contribution in [0.2, 0.25) is 0 Å². The van der Waals surface area contributed by atoms with Crippen molar-refractivity contribution in [2.45, 2.75) is 32.6 Å². The Kier molecular flexibility index (Phi) is 7.55. The van der Waals surface area contributed by atoms with Gasteiger partial charge in [0.15, 0.2) is 0 Å². The summed E-state index contributed by atoms with van der Waals surface area (Å²) in [5.41, 5.74) is 6.93. The molecule has 0 unspecified atom stereocenters. The molecule has 0 radical (unpaired) electrons. The highest BCUT2D eigenvalue weighted by Crippen LogP contribution is 2.50. The van der Waals surface area contributed by atoms with Crippen LogP contribution in [0.4, 0.5) is 5.82 Å². The van der Waals surface area contributed by atoms with Crippen molar-refractivity contribution in [1.82, 2.24) is 15.1 Å². The Balaban J connectivity index is 1.55. The van der Waals surface area contributed by atoms with E-state index in [1.807, 2.05) is 54.1 Å². The van der Waals surface area contributed by atoms with E-state index in [4.69, 9.17) is 9.52 Å². The Morgan fingerprint density at radius 3 is 2.59 bits per heavy atom. The number of carbonyl (C=O) groups excluding carboxylic acids is 2. The second-order valence-corrected chi connectivity index (χ2v) is 12.2. The fourth-order valence-corrected chi connectivity index (χ4v) is 7.67. The fraction of sp³-hybridized carbons (Fsp3) is 0.219. The van der Waals surface area contributed by atoms with Gasteiger partial charge in [0.25, 0.3) is 0 Å². The summed E-state index contributed by atoms with van der Waals surface area (Å²) in [5.74, 6) is 1.12. The van der Waals surface area contributed by atoms with Gasteiger partial charge in [-0.2, -0.15) is 5.10 Å². The van der Waals surface area contributed by atoms with Gasteiger partial charge in [0.1, 0.15) is 18.1 Å². The van der Waals surface area contributed by atoms with Crippen molar-refractivity contribution >= 4 is 40.7 Å². The van der Waals surface area contributed by atoms with Gasteiger partial charge in [-0.1, -0.05) is 48.0 Å². The summed E-state index contributed by atoms with van der Waals surface area (Å²) in [6.07, 6.45) is 1.57. The Morgan fingerprint density at radius 1 is 1.05 bits per heavy atom. The number of anilines is 1. The molecule has 2 aromatic carbocycles. The number of nitrogens with zero attached hydrogens (tertiary/aromatic N) is 3. The molecule has 4 heterocycles. The van der Waals surface area contributed by atoms with Crippen LogP contribution in [0, 0.1) is 20.8 Å². The van der Waals surface area contributed by atoms with Crippen LogP contribution in [0.5, 0.6) is 0 Å². The first-order chi connectivity index (χ1) is 19.9. The molecule has 7 nitrogen and oxygen atoms in total. The number of carbonyl (C=O) groups is 2. The molecule has 1 aliphatic rings. The molecule has 0 fully saturated rings. The Bertz CT molecular complexity index is 1710. The van der Waals surface area contributed by atoms with E-state index in [-0.39, 0.29) is 35.9 Å². The van der Waals surface area contributed by atoms with Gasteiger partial charge in [-0.3, -0.25) is 14.5 Å². The van der Waals surface area contributed by atoms with Crippen LogP contribution in [-0.2, 0) is 16.1 Å². The minimum absolute atomic E-state index is 0.125. The summed E-state index contributed by atoms with van der Waals surface area (Å²) in [5, 5.41) is 10.1. The second kappa shape index (κ2) is 11.4. The average Bonchev–Trinajstić information content (AvgIpc) is 3.71. The molecule has 1 atom stereocenters. The Labute approximate surface area is 247 Å². The molecule has 6 rings (SSSR count). The molecule has 1 aliphatic heterocycles. The van der Waals surface area contributed by atoms with Crippen molar-refractivity contribution in [2.75, 3.05) is 17.2 Å². The highest BCUT2D eigenvalue weighted by Gasteiger charge is 2.38. The highest BCUT2D eigenvalue weighted by molar-refractivity contribution is 8.00. The zero-order valence-corrected chi connectivity index (χ0v) is 24.7. The zero-order chi connectivity index (χ0) is 28.5. The number of amides is 2. The van der Waals surface area contributed by atoms with Gasteiger partial charge in [-0.15, -0.1) is 23.1 Å². The van der Waals surface area contributed by atoms with Gasteiger partial charge >= 0.3 is 0 Å². The van der Waals surface area contributed by atoms with Crippen LogP contribution in [0.1, 0.15) is 38.1 Å². The monoisotopic (exact) mass is 582 g/mol. The van der Waals surface area contributed by atoms with Gasteiger partial charge in [-0.05, 0) is 61.5 Å². The lowest BCUT2D eigenvalue weighted by Crippen LogP contribution is -2.42. The van der Waals surface area contributed by atoms with Crippen molar-refractivity contribution in [3.05, 3.63) is 111 Å². The van der Waals surface area contributed by atoms with E-state index in [1.54, 1.807) is 46.4 Å². The number of aromatic nitrogens is 2. The Hall–Kier alpha value is -4.08. The van der Waals surface area contributed by atoms with Gasteiger partial charge < -0.3 is 9.73 Å². The third-order valence-corrected chi connectivity index (χ3v) is 9.65. The van der Waals surface area contributed by atoms with E-state index in [2.05, 4.69) is 36.7 Å². The maximum absolute atomic E-state index is 13.9. The lowest BCUT2D eigenvalue weighted by molar-refractivity contribution is -0.123. The molecular formula is C32H30N4O3S2. The van der Waals surface area contributed by atoms with Crippen LogP contribution in [-0.4, -0.2) is 33.9 Å². The molecule has 3 aromatic heterocycles. The molecule has 1 N–H and O–H groups in total. The number of hydrogen-bond donors (Lipinski definition) is 1. The SMILES string of the molecule is Cc1ccc(-n2nc(-c3ccccc3)c3c2N(CC(=O)NCc2ccco2)C(=O)CS[C@@H]3c2sccc2C)c(C)c1. The smallest absolute Gasteiger partial charge is 0.240 e. The largest absolute Gasteiger partial charge is 0.467 e. The quantitative estimate of drug-likeness (QED) is 0.234.